The van der Waals surface area contributed by atoms with Crippen LogP contribution in [-0.4, -0.2) is 80.5 Å². The molecule has 0 aromatic heterocycles. The molecule has 1 aromatic carbocycles. The Morgan fingerprint density at radius 3 is 2.00 bits per heavy atom. The number of rotatable bonds is 4. The minimum Gasteiger partial charge on any atom is -0.340 e. The molecule has 7 nitrogen and oxygen atoms in total. The number of benzene rings is 1. The molecule has 27 heavy (non-hydrogen) atoms. The molecule has 148 valence electrons. The fourth-order valence-corrected chi connectivity index (χ4v) is 5.11. The summed E-state index contributed by atoms with van der Waals surface area (Å²) in [6.45, 7) is 5.41. The number of amides is 1. The van der Waals surface area contributed by atoms with Gasteiger partial charge in [0.25, 0.3) is 0 Å². The van der Waals surface area contributed by atoms with Gasteiger partial charge in [0, 0.05) is 50.7 Å². The van der Waals surface area contributed by atoms with E-state index in [0.29, 0.717) is 31.5 Å². The number of piperidine rings is 1. The van der Waals surface area contributed by atoms with Gasteiger partial charge >= 0.3 is 0 Å². The lowest BCUT2D eigenvalue weighted by Gasteiger charge is -2.37. The third-order valence-electron chi connectivity index (χ3n) is 5.52. The number of hydrogen-bond donors (Lipinski definition) is 0. The van der Waals surface area contributed by atoms with Crippen LogP contribution in [0, 0.1) is 5.92 Å². The Morgan fingerprint density at radius 2 is 1.48 bits per heavy atom. The molecule has 3 rings (SSSR count). The van der Waals surface area contributed by atoms with Gasteiger partial charge in [0.2, 0.25) is 15.9 Å². The fourth-order valence-electron chi connectivity index (χ4n) is 3.64. The van der Waals surface area contributed by atoms with Crippen LogP contribution in [0.15, 0.2) is 29.2 Å². The first-order chi connectivity index (χ1) is 12.8. The minimum absolute atomic E-state index is 0.0952. The molecule has 0 unspecified atom stereocenters. The van der Waals surface area contributed by atoms with Crippen LogP contribution in [0.5, 0.6) is 0 Å². The van der Waals surface area contributed by atoms with E-state index in [0.717, 1.165) is 26.2 Å². The van der Waals surface area contributed by atoms with E-state index in [4.69, 9.17) is 0 Å². The van der Waals surface area contributed by atoms with Crippen LogP contribution in [0.3, 0.4) is 0 Å². The van der Waals surface area contributed by atoms with E-state index in [1.165, 1.54) is 23.4 Å². The normalized spacial score (nSPS) is 20.6. The number of nitrogens with zero attached hydrogens (tertiary/aromatic N) is 3. The summed E-state index contributed by atoms with van der Waals surface area (Å²) in [5, 5.41) is 0. The van der Waals surface area contributed by atoms with Crippen molar-refractivity contribution in [2.45, 2.75) is 24.7 Å². The fraction of sp³-hybridized carbons (Fsp3) is 0.579. The first kappa shape index (κ1) is 20.0. The number of piperazine rings is 1. The highest BCUT2D eigenvalue weighted by Gasteiger charge is 2.34. The molecular weight excluding hydrogens is 366 g/mol. The van der Waals surface area contributed by atoms with Gasteiger partial charge in [-0.15, -0.1) is 0 Å². The van der Waals surface area contributed by atoms with Crippen molar-refractivity contribution in [2.24, 2.45) is 5.92 Å². The van der Waals surface area contributed by atoms with Gasteiger partial charge in [-0.05, 0) is 38.9 Å². The lowest BCUT2D eigenvalue weighted by Crippen LogP contribution is -2.50. The average molecular weight is 394 g/mol. The number of likely N-dealkylation sites (N-methyl/N-ethyl adjacent to an activating group) is 1. The lowest BCUT2D eigenvalue weighted by atomic mass is 9.96. The Hall–Kier alpha value is -1.77. The Labute approximate surface area is 161 Å². The molecule has 0 atom stereocenters. The summed E-state index contributed by atoms with van der Waals surface area (Å²) in [5.41, 5.74) is 0.491. The molecule has 2 fully saturated rings. The molecule has 0 radical (unpaired) electrons. The molecule has 0 N–H and O–H groups in total. The van der Waals surface area contributed by atoms with Gasteiger partial charge in [0.05, 0.1) is 4.90 Å². The van der Waals surface area contributed by atoms with Crippen molar-refractivity contribution in [1.82, 2.24) is 14.1 Å². The summed E-state index contributed by atoms with van der Waals surface area (Å²) in [4.78, 5) is 28.4. The molecular formula is C19H27N3O4S. The molecule has 0 aliphatic carbocycles. The number of Topliss-reactive ketones (excluding diaryl/α,β-unsaturated/α-hetero) is 1. The largest absolute Gasteiger partial charge is 0.340 e. The van der Waals surface area contributed by atoms with Gasteiger partial charge in [0.1, 0.15) is 0 Å². The number of ketones is 1. The van der Waals surface area contributed by atoms with E-state index in [1.807, 2.05) is 11.9 Å². The second kappa shape index (κ2) is 8.08. The van der Waals surface area contributed by atoms with Crippen molar-refractivity contribution in [1.29, 1.82) is 0 Å². The number of carbonyl (C=O) groups is 2. The summed E-state index contributed by atoms with van der Waals surface area (Å²) < 4.78 is 27.1. The van der Waals surface area contributed by atoms with Crippen molar-refractivity contribution in [2.75, 3.05) is 46.3 Å². The molecule has 1 aromatic rings. The molecule has 2 aliphatic rings. The van der Waals surface area contributed by atoms with Gasteiger partial charge in [-0.25, -0.2) is 8.42 Å². The van der Waals surface area contributed by atoms with Crippen LogP contribution in [0.25, 0.3) is 0 Å². The molecule has 2 saturated heterocycles. The zero-order chi connectivity index (χ0) is 19.6. The number of sulfonamides is 1. The van der Waals surface area contributed by atoms with E-state index in [-0.39, 0.29) is 22.5 Å². The Morgan fingerprint density at radius 1 is 0.926 bits per heavy atom. The van der Waals surface area contributed by atoms with Crippen LogP contribution in [0.2, 0.25) is 0 Å². The van der Waals surface area contributed by atoms with Gasteiger partial charge < -0.3 is 9.80 Å². The first-order valence-electron chi connectivity index (χ1n) is 9.37. The van der Waals surface area contributed by atoms with Gasteiger partial charge in [-0.2, -0.15) is 4.31 Å². The number of hydrogen-bond acceptors (Lipinski definition) is 5. The van der Waals surface area contributed by atoms with Crippen LogP contribution in [0.1, 0.15) is 30.1 Å². The maximum Gasteiger partial charge on any atom is 0.243 e. The molecule has 0 bridgehead atoms. The predicted molar refractivity (Wildman–Crippen MR) is 102 cm³/mol. The number of carbonyl (C=O) groups excluding carboxylic acids is 2. The topological polar surface area (TPSA) is 78.0 Å². The summed E-state index contributed by atoms with van der Waals surface area (Å²) >= 11 is 0. The second-order valence-electron chi connectivity index (χ2n) is 7.39. The molecule has 2 heterocycles. The van der Waals surface area contributed by atoms with Gasteiger partial charge in [0.15, 0.2) is 5.78 Å². The summed E-state index contributed by atoms with van der Waals surface area (Å²) in [6.07, 6.45) is 1.10. The molecule has 1 amide bonds. The van der Waals surface area contributed by atoms with Crippen molar-refractivity contribution in [3.05, 3.63) is 29.8 Å². The van der Waals surface area contributed by atoms with Crippen molar-refractivity contribution in [3.8, 4) is 0 Å². The Kier molecular flexibility index (Phi) is 5.98. The maximum absolute atomic E-state index is 12.8. The van der Waals surface area contributed by atoms with Crippen molar-refractivity contribution in [3.63, 3.8) is 0 Å². The van der Waals surface area contributed by atoms with Gasteiger partial charge in [-0.1, -0.05) is 12.1 Å². The summed E-state index contributed by atoms with van der Waals surface area (Å²) in [6, 6.07) is 6.04. The van der Waals surface area contributed by atoms with E-state index in [9.17, 15) is 18.0 Å². The molecule has 8 heteroatoms. The van der Waals surface area contributed by atoms with E-state index < -0.39 is 10.0 Å². The predicted octanol–water partition coefficient (Wildman–Crippen LogP) is 1.06. The molecule has 2 aliphatic heterocycles. The van der Waals surface area contributed by atoms with Crippen LogP contribution in [-0.2, 0) is 14.8 Å². The highest BCUT2D eigenvalue weighted by atomic mass is 32.2. The highest BCUT2D eigenvalue weighted by molar-refractivity contribution is 7.89. The first-order valence-corrected chi connectivity index (χ1v) is 10.8. The zero-order valence-corrected chi connectivity index (χ0v) is 16.7. The second-order valence-corrected chi connectivity index (χ2v) is 9.33. The summed E-state index contributed by atoms with van der Waals surface area (Å²) in [5.74, 6) is -0.0342. The van der Waals surface area contributed by atoms with Crippen molar-refractivity contribution < 1.29 is 18.0 Å². The standard InChI is InChI=1S/C19H27N3O4S/c1-15(23)16-3-5-18(6-4-16)27(25,26)22-9-7-17(8-10-22)19(24)21-13-11-20(2)12-14-21/h3-6,17H,7-14H2,1-2H3. The summed E-state index contributed by atoms with van der Waals surface area (Å²) in [7, 11) is -1.55. The average Bonchev–Trinajstić information content (AvgIpc) is 2.68. The Bertz CT molecular complexity index is 791. The minimum atomic E-state index is -3.60. The SMILES string of the molecule is CC(=O)c1ccc(S(=O)(=O)N2CCC(C(=O)N3CCN(C)CC3)CC2)cc1. The van der Waals surface area contributed by atoms with Crippen molar-refractivity contribution >= 4 is 21.7 Å². The van der Waals surface area contributed by atoms with E-state index in [2.05, 4.69) is 4.90 Å². The van der Waals surface area contributed by atoms with Crippen LogP contribution < -0.4 is 0 Å². The van der Waals surface area contributed by atoms with Crippen LogP contribution >= 0.6 is 0 Å². The Balaban J connectivity index is 1.60. The van der Waals surface area contributed by atoms with E-state index in [1.54, 1.807) is 12.1 Å². The third kappa shape index (κ3) is 4.39. The molecule has 0 saturated carbocycles. The zero-order valence-electron chi connectivity index (χ0n) is 15.9. The monoisotopic (exact) mass is 393 g/mol. The maximum atomic E-state index is 12.8. The van der Waals surface area contributed by atoms with Gasteiger partial charge in [-0.3, -0.25) is 9.59 Å². The van der Waals surface area contributed by atoms with Crippen LogP contribution in [0.4, 0.5) is 0 Å². The third-order valence-corrected chi connectivity index (χ3v) is 7.43. The highest BCUT2D eigenvalue weighted by Crippen LogP contribution is 2.25. The van der Waals surface area contributed by atoms with E-state index >= 15 is 0 Å². The lowest BCUT2D eigenvalue weighted by molar-refractivity contribution is -0.138. The quantitative estimate of drug-likeness (QED) is 0.715. The smallest absolute Gasteiger partial charge is 0.243 e. The molecule has 0 spiro atoms.